The number of benzene rings is 1. The van der Waals surface area contributed by atoms with Crippen molar-refractivity contribution in [3.05, 3.63) is 35.4 Å². The van der Waals surface area contributed by atoms with Gasteiger partial charge in [0.25, 0.3) is 5.90 Å². The molecule has 0 fully saturated rings. The van der Waals surface area contributed by atoms with Crippen molar-refractivity contribution in [2.45, 2.75) is 13.0 Å². The van der Waals surface area contributed by atoms with E-state index in [1.807, 2.05) is 31.2 Å². The Morgan fingerprint density at radius 2 is 2.13 bits per heavy atom. The van der Waals surface area contributed by atoms with Gasteiger partial charge in [-0.1, -0.05) is 29.8 Å². The van der Waals surface area contributed by atoms with Crippen molar-refractivity contribution in [2.75, 3.05) is 6.61 Å². The first kappa shape index (κ1) is 9.71. The molecule has 2 rings (SSSR count). The van der Waals surface area contributed by atoms with Gasteiger partial charge in [-0.3, -0.25) is 0 Å². The van der Waals surface area contributed by atoms with Crippen LogP contribution in [0.1, 0.15) is 17.2 Å². The highest BCUT2D eigenvalue weighted by atomic mass is 16.5. The van der Waals surface area contributed by atoms with Crippen molar-refractivity contribution in [3.63, 3.8) is 0 Å². The minimum absolute atomic E-state index is 0.184. The second-order valence-electron chi connectivity index (χ2n) is 3.48. The largest absolute Gasteiger partial charge is 0.474 e. The molecule has 0 spiro atoms. The van der Waals surface area contributed by atoms with Crippen LogP contribution in [-0.2, 0) is 9.53 Å². The summed E-state index contributed by atoms with van der Waals surface area (Å²) in [6.45, 7) is 2.31. The molecule has 0 amide bonds. The van der Waals surface area contributed by atoms with E-state index in [1.165, 1.54) is 5.56 Å². The third kappa shape index (κ3) is 1.98. The number of nitrogens with zero attached hydrogens (tertiary/aromatic N) is 1. The van der Waals surface area contributed by atoms with Crippen LogP contribution in [0.15, 0.2) is 29.3 Å². The summed E-state index contributed by atoms with van der Waals surface area (Å²) in [7, 11) is 0. The van der Waals surface area contributed by atoms with Crippen LogP contribution in [0.2, 0.25) is 0 Å². The predicted molar refractivity (Wildman–Crippen MR) is 54.9 cm³/mol. The Bertz CT molecular complexity index is 408. The first-order valence-electron chi connectivity index (χ1n) is 4.67. The van der Waals surface area contributed by atoms with Gasteiger partial charge >= 0.3 is 5.97 Å². The van der Waals surface area contributed by atoms with Crippen molar-refractivity contribution in [2.24, 2.45) is 4.99 Å². The summed E-state index contributed by atoms with van der Waals surface area (Å²) < 4.78 is 4.96. The van der Waals surface area contributed by atoms with Gasteiger partial charge in [0.05, 0.1) is 0 Å². The molecule has 1 atom stereocenters. The van der Waals surface area contributed by atoms with E-state index in [0.29, 0.717) is 6.61 Å². The first-order chi connectivity index (χ1) is 7.16. The normalized spacial score (nSPS) is 19.5. The molecule has 4 nitrogen and oxygen atoms in total. The van der Waals surface area contributed by atoms with E-state index in [-0.39, 0.29) is 11.9 Å². The Morgan fingerprint density at radius 3 is 2.67 bits per heavy atom. The number of carbonyl (C=O) groups is 1. The molecule has 0 aliphatic carbocycles. The number of carboxylic acids is 1. The molecule has 1 aliphatic heterocycles. The van der Waals surface area contributed by atoms with Crippen molar-refractivity contribution in [1.82, 2.24) is 0 Å². The molecule has 15 heavy (non-hydrogen) atoms. The molecule has 0 saturated carbocycles. The minimum atomic E-state index is -1.11. The molecule has 1 N–H and O–H groups in total. The standard InChI is InChI=1S/C11H11NO3/c1-7-2-4-8(5-3-7)9-6-15-10(12-9)11(13)14/h2-5,9H,6H2,1H3,(H,13,14). The van der Waals surface area contributed by atoms with Crippen LogP contribution < -0.4 is 0 Å². The predicted octanol–water partition coefficient (Wildman–Crippen LogP) is 1.55. The van der Waals surface area contributed by atoms with Crippen LogP contribution in [0.4, 0.5) is 0 Å². The monoisotopic (exact) mass is 205 g/mol. The molecule has 1 aromatic rings. The van der Waals surface area contributed by atoms with Gasteiger partial charge in [0.2, 0.25) is 0 Å². The van der Waals surface area contributed by atoms with Crippen molar-refractivity contribution >= 4 is 11.9 Å². The summed E-state index contributed by atoms with van der Waals surface area (Å²) in [6, 6.07) is 7.65. The van der Waals surface area contributed by atoms with Gasteiger partial charge in [0, 0.05) is 0 Å². The smallest absolute Gasteiger partial charge is 0.391 e. The third-order valence-electron chi connectivity index (χ3n) is 2.30. The lowest BCUT2D eigenvalue weighted by Crippen LogP contribution is -2.12. The van der Waals surface area contributed by atoms with E-state index in [4.69, 9.17) is 9.84 Å². The number of aliphatic imine (C=N–C) groups is 1. The van der Waals surface area contributed by atoms with Crippen molar-refractivity contribution < 1.29 is 14.6 Å². The lowest BCUT2D eigenvalue weighted by atomic mass is 10.1. The Hall–Kier alpha value is -1.84. The molecule has 1 aliphatic rings. The zero-order valence-corrected chi connectivity index (χ0v) is 8.30. The molecule has 4 heteroatoms. The summed E-state index contributed by atoms with van der Waals surface area (Å²) in [6.07, 6.45) is 0. The number of hydrogen-bond acceptors (Lipinski definition) is 3. The number of aliphatic carboxylic acids is 1. The number of hydrogen-bond donors (Lipinski definition) is 1. The van der Waals surface area contributed by atoms with Crippen LogP contribution in [0.25, 0.3) is 0 Å². The van der Waals surface area contributed by atoms with E-state index >= 15 is 0 Å². The number of carboxylic acid groups (broad SMARTS) is 1. The SMILES string of the molecule is Cc1ccc(C2COC(C(=O)O)=N2)cc1. The van der Waals surface area contributed by atoms with E-state index in [2.05, 4.69) is 4.99 Å². The molecule has 0 aromatic heterocycles. The van der Waals surface area contributed by atoms with Crippen LogP contribution >= 0.6 is 0 Å². The van der Waals surface area contributed by atoms with Gasteiger partial charge in [-0.15, -0.1) is 0 Å². The lowest BCUT2D eigenvalue weighted by molar-refractivity contribution is -0.130. The van der Waals surface area contributed by atoms with Gasteiger partial charge in [-0.2, -0.15) is 0 Å². The maximum atomic E-state index is 10.6. The molecule has 78 valence electrons. The van der Waals surface area contributed by atoms with Crippen LogP contribution in [0.3, 0.4) is 0 Å². The van der Waals surface area contributed by atoms with Gasteiger partial charge in [-0.25, -0.2) is 9.79 Å². The Morgan fingerprint density at radius 1 is 1.47 bits per heavy atom. The summed E-state index contributed by atoms with van der Waals surface area (Å²) in [5.41, 5.74) is 2.15. The second-order valence-corrected chi connectivity index (χ2v) is 3.48. The summed E-state index contributed by atoms with van der Waals surface area (Å²) in [5.74, 6) is -1.30. The van der Waals surface area contributed by atoms with Crippen LogP contribution in [-0.4, -0.2) is 23.6 Å². The average Bonchev–Trinajstić information content (AvgIpc) is 2.68. The van der Waals surface area contributed by atoms with Gasteiger partial charge in [-0.05, 0) is 12.5 Å². The highest BCUT2D eigenvalue weighted by Gasteiger charge is 2.24. The fourth-order valence-electron chi connectivity index (χ4n) is 1.45. The molecule has 0 saturated heterocycles. The van der Waals surface area contributed by atoms with Crippen molar-refractivity contribution in [1.29, 1.82) is 0 Å². The summed E-state index contributed by atoms with van der Waals surface area (Å²) in [5, 5.41) is 8.67. The van der Waals surface area contributed by atoms with E-state index in [0.717, 1.165) is 5.56 Å². The second kappa shape index (κ2) is 3.73. The maximum Gasteiger partial charge on any atom is 0.391 e. The molecule has 0 radical (unpaired) electrons. The Balaban J connectivity index is 2.20. The Kier molecular flexibility index (Phi) is 2.41. The number of aryl methyl sites for hydroxylation is 1. The van der Waals surface area contributed by atoms with E-state index < -0.39 is 5.97 Å². The number of ether oxygens (including phenoxy) is 1. The van der Waals surface area contributed by atoms with Crippen LogP contribution in [0, 0.1) is 6.92 Å². The lowest BCUT2D eigenvalue weighted by Gasteiger charge is -2.04. The highest BCUT2D eigenvalue weighted by Crippen LogP contribution is 2.23. The van der Waals surface area contributed by atoms with Gasteiger partial charge in [0.15, 0.2) is 0 Å². The third-order valence-corrected chi connectivity index (χ3v) is 2.30. The fourth-order valence-corrected chi connectivity index (χ4v) is 1.45. The summed E-state index contributed by atoms with van der Waals surface area (Å²) in [4.78, 5) is 14.6. The summed E-state index contributed by atoms with van der Waals surface area (Å²) >= 11 is 0. The van der Waals surface area contributed by atoms with Crippen molar-refractivity contribution in [3.8, 4) is 0 Å². The molecule has 1 heterocycles. The minimum Gasteiger partial charge on any atom is -0.474 e. The molecular weight excluding hydrogens is 194 g/mol. The molecular formula is C11H11NO3. The maximum absolute atomic E-state index is 10.6. The first-order valence-corrected chi connectivity index (χ1v) is 4.67. The van der Waals surface area contributed by atoms with Gasteiger partial charge < -0.3 is 9.84 Å². The highest BCUT2D eigenvalue weighted by molar-refractivity contribution is 6.32. The van der Waals surface area contributed by atoms with E-state index in [9.17, 15) is 4.79 Å². The zero-order chi connectivity index (χ0) is 10.8. The average molecular weight is 205 g/mol. The Labute approximate surface area is 87.2 Å². The fraction of sp³-hybridized carbons (Fsp3) is 0.273. The zero-order valence-electron chi connectivity index (χ0n) is 8.30. The topological polar surface area (TPSA) is 58.9 Å². The quantitative estimate of drug-likeness (QED) is 0.796. The number of rotatable bonds is 2. The molecule has 1 aromatic carbocycles. The molecule has 0 bridgehead atoms. The molecule has 1 unspecified atom stereocenters. The van der Waals surface area contributed by atoms with E-state index in [1.54, 1.807) is 0 Å². The van der Waals surface area contributed by atoms with Crippen LogP contribution in [0.5, 0.6) is 0 Å². The van der Waals surface area contributed by atoms with Gasteiger partial charge in [0.1, 0.15) is 12.6 Å².